The zero-order valence-electron chi connectivity index (χ0n) is 16.6. The Labute approximate surface area is 170 Å². The van der Waals surface area contributed by atoms with E-state index in [9.17, 15) is 19.8 Å². The van der Waals surface area contributed by atoms with Crippen molar-refractivity contribution in [3.05, 3.63) is 0 Å². The number of hydrogen-bond acceptors (Lipinski definition) is 4. The molecule has 5 nitrogen and oxygen atoms in total. The van der Waals surface area contributed by atoms with Gasteiger partial charge in [0.2, 0.25) is 0 Å². The van der Waals surface area contributed by atoms with Crippen LogP contribution in [-0.2, 0) is 9.59 Å². The first kappa shape index (κ1) is 28.7. The summed E-state index contributed by atoms with van der Waals surface area (Å²) < 4.78 is 1.12. The topological polar surface area (TPSA) is 80.3 Å². The largest absolute Gasteiger partial charge is 1.00 e. The zero-order valence-corrected chi connectivity index (χ0v) is 18.6. The number of rotatable bonds is 13. The molecule has 0 aliphatic rings. The second-order valence-electron chi connectivity index (χ2n) is 7.09. The van der Waals surface area contributed by atoms with Crippen molar-refractivity contribution >= 4 is 11.9 Å². The van der Waals surface area contributed by atoms with Crippen LogP contribution in [0, 0.1) is 0 Å². The number of carboxylic acid groups (broad SMARTS) is 2. The summed E-state index contributed by atoms with van der Waals surface area (Å²) in [6.45, 7) is 3.61. The van der Waals surface area contributed by atoms with Crippen molar-refractivity contribution < 1.29 is 53.8 Å². The predicted molar refractivity (Wildman–Crippen MR) is 89.4 cm³/mol. The van der Waals surface area contributed by atoms with Crippen LogP contribution in [0.1, 0.15) is 77.6 Å². The van der Waals surface area contributed by atoms with Gasteiger partial charge in [-0.1, -0.05) is 45.4 Å². The zero-order chi connectivity index (χ0) is 18.1. The summed E-state index contributed by atoms with van der Waals surface area (Å²) in [5.74, 6) is -2.45. The van der Waals surface area contributed by atoms with Crippen LogP contribution in [0.3, 0.4) is 0 Å². The fourth-order valence-electron chi connectivity index (χ4n) is 2.10. The van der Waals surface area contributed by atoms with E-state index in [1.165, 1.54) is 57.9 Å². The monoisotopic (exact) mass is 353 g/mol. The maximum absolute atomic E-state index is 9.66. The third-order valence-electron chi connectivity index (χ3n) is 3.44. The number of unbranched alkanes of at least 4 members (excludes halogenated alkanes) is 7. The molecule has 0 aromatic heterocycles. The van der Waals surface area contributed by atoms with Crippen LogP contribution in [0.2, 0.25) is 0 Å². The first-order chi connectivity index (χ1) is 10.7. The molecule has 0 atom stereocenters. The first-order valence-electron chi connectivity index (χ1n) is 8.89. The molecule has 0 aliphatic carbocycles. The smallest absolute Gasteiger partial charge is 0.550 e. The van der Waals surface area contributed by atoms with Gasteiger partial charge in [-0.3, -0.25) is 0 Å². The summed E-state index contributed by atoms with van der Waals surface area (Å²) in [6, 6.07) is 0. The molecule has 0 amide bonds. The predicted octanol–water partition coefficient (Wildman–Crippen LogP) is -1.51. The van der Waals surface area contributed by atoms with Crippen molar-refractivity contribution in [2.45, 2.75) is 77.6 Å². The van der Waals surface area contributed by atoms with E-state index < -0.39 is 11.9 Å². The Morgan fingerprint density at radius 3 is 1.42 bits per heavy atom. The average molecular weight is 353 g/mol. The SMILES string of the molecule is CCCCCCCCCC[N+](C)(C)C.O=C([O-])CCCC(=O)[O-].[Na+]. The number of quaternary nitrogens is 1. The number of carbonyl (C=O) groups excluding carboxylic acids is 2. The second kappa shape index (κ2) is 19.2. The van der Waals surface area contributed by atoms with Gasteiger partial charge in [0.25, 0.3) is 0 Å². The molecule has 24 heavy (non-hydrogen) atoms. The van der Waals surface area contributed by atoms with Gasteiger partial charge in [0.1, 0.15) is 0 Å². The molecule has 0 fully saturated rings. The molecule has 0 rings (SSSR count). The van der Waals surface area contributed by atoms with Gasteiger partial charge in [0.05, 0.1) is 27.7 Å². The van der Waals surface area contributed by atoms with Crippen molar-refractivity contribution in [2.75, 3.05) is 27.7 Å². The third kappa shape index (κ3) is 33.5. The van der Waals surface area contributed by atoms with Crippen LogP contribution in [0.4, 0.5) is 0 Å². The Morgan fingerprint density at radius 1 is 0.708 bits per heavy atom. The van der Waals surface area contributed by atoms with Crippen molar-refractivity contribution in [2.24, 2.45) is 0 Å². The summed E-state index contributed by atoms with van der Waals surface area (Å²) in [5, 5.41) is 19.3. The molecule has 0 saturated carbocycles. The molecule has 138 valence electrons. The summed E-state index contributed by atoms with van der Waals surface area (Å²) in [6.07, 6.45) is 11.1. The normalized spacial score (nSPS) is 10.3. The Morgan fingerprint density at radius 2 is 1.08 bits per heavy atom. The number of aliphatic carboxylic acids is 2. The fraction of sp³-hybridized carbons (Fsp3) is 0.889. The van der Waals surface area contributed by atoms with Crippen LogP contribution in [0.15, 0.2) is 0 Å². The standard InChI is InChI=1S/C13H30N.C5H8O4.Na/c1-5-6-7-8-9-10-11-12-13-14(2,3)4;6-4(7)2-1-3-5(8)9;/h5-13H2,1-4H3;1-3H2,(H,6,7)(H,8,9);/q+1;;+1/p-2. The van der Waals surface area contributed by atoms with E-state index in [0.29, 0.717) is 0 Å². The molecular formula is C18H36NNaO4. The number of nitrogens with zero attached hydrogens (tertiary/aromatic N) is 1. The van der Waals surface area contributed by atoms with E-state index in [2.05, 4.69) is 28.1 Å². The Hall–Kier alpha value is -0.100. The molecule has 0 aromatic rings. The quantitative estimate of drug-likeness (QED) is 0.229. The molecule has 0 spiro atoms. The van der Waals surface area contributed by atoms with Gasteiger partial charge in [-0.05, 0) is 32.1 Å². The van der Waals surface area contributed by atoms with E-state index in [1.54, 1.807) is 0 Å². The van der Waals surface area contributed by atoms with E-state index in [4.69, 9.17) is 0 Å². The molecule has 0 aliphatic heterocycles. The van der Waals surface area contributed by atoms with Crippen LogP contribution < -0.4 is 39.8 Å². The van der Waals surface area contributed by atoms with Crippen LogP contribution in [0.25, 0.3) is 0 Å². The van der Waals surface area contributed by atoms with E-state index in [1.807, 2.05) is 0 Å². The molecule has 0 radical (unpaired) electrons. The van der Waals surface area contributed by atoms with Gasteiger partial charge < -0.3 is 24.3 Å². The molecular weight excluding hydrogens is 317 g/mol. The van der Waals surface area contributed by atoms with Gasteiger partial charge in [-0.25, -0.2) is 0 Å². The van der Waals surface area contributed by atoms with Crippen LogP contribution >= 0.6 is 0 Å². The first-order valence-corrected chi connectivity index (χ1v) is 8.89. The van der Waals surface area contributed by atoms with Gasteiger partial charge in [0, 0.05) is 11.9 Å². The fourth-order valence-corrected chi connectivity index (χ4v) is 2.10. The summed E-state index contributed by atoms with van der Waals surface area (Å²) in [5.41, 5.74) is 0. The van der Waals surface area contributed by atoms with Crippen molar-refractivity contribution in [1.29, 1.82) is 0 Å². The Balaban J connectivity index is -0.000000385. The minimum Gasteiger partial charge on any atom is -0.550 e. The van der Waals surface area contributed by atoms with Crippen molar-refractivity contribution in [3.63, 3.8) is 0 Å². The molecule has 0 heterocycles. The summed E-state index contributed by atoms with van der Waals surface area (Å²) >= 11 is 0. The summed E-state index contributed by atoms with van der Waals surface area (Å²) in [4.78, 5) is 19.3. The van der Waals surface area contributed by atoms with Gasteiger partial charge in [-0.15, -0.1) is 0 Å². The van der Waals surface area contributed by atoms with E-state index in [0.717, 1.165) is 4.48 Å². The number of carboxylic acids is 2. The minimum atomic E-state index is -1.23. The maximum atomic E-state index is 9.66. The summed E-state index contributed by atoms with van der Waals surface area (Å²) in [7, 11) is 6.84. The number of hydrogen-bond donors (Lipinski definition) is 0. The maximum Gasteiger partial charge on any atom is 1.00 e. The Bertz CT molecular complexity index is 290. The van der Waals surface area contributed by atoms with Gasteiger partial charge in [-0.2, -0.15) is 0 Å². The molecule has 0 saturated heterocycles. The van der Waals surface area contributed by atoms with Gasteiger partial charge >= 0.3 is 29.6 Å². The Kier molecular flexibility index (Phi) is 23.0. The van der Waals surface area contributed by atoms with E-state index >= 15 is 0 Å². The molecule has 0 bridgehead atoms. The average Bonchev–Trinajstić information content (AvgIpc) is 2.40. The minimum absolute atomic E-state index is 0. The molecule has 0 aromatic carbocycles. The number of carbonyl (C=O) groups is 2. The molecule has 6 heteroatoms. The van der Waals surface area contributed by atoms with Crippen molar-refractivity contribution in [1.82, 2.24) is 0 Å². The molecule has 0 N–H and O–H groups in total. The van der Waals surface area contributed by atoms with E-state index in [-0.39, 0.29) is 48.8 Å². The van der Waals surface area contributed by atoms with Crippen LogP contribution in [0.5, 0.6) is 0 Å². The van der Waals surface area contributed by atoms with Gasteiger partial charge in [0.15, 0.2) is 0 Å². The van der Waals surface area contributed by atoms with Crippen LogP contribution in [-0.4, -0.2) is 44.1 Å². The third-order valence-corrected chi connectivity index (χ3v) is 3.44. The van der Waals surface area contributed by atoms with Crippen molar-refractivity contribution in [3.8, 4) is 0 Å². The second-order valence-corrected chi connectivity index (χ2v) is 7.09. The molecule has 0 unspecified atom stereocenters.